The van der Waals surface area contributed by atoms with Crippen LogP contribution in [0, 0.1) is 12.8 Å². The fraction of sp³-hybridized carbons (Fsp3) is 0.475. The Hall–Kier alpha value is -7.33. The highest BCUT2D eigenvalue weighted by Crippen LogP contribution is 2.40. The molecule has 1 unspecified atom stereocenters. The molecular weight excluding hydrogens is 1040 g/mol. The number of phenolic OH excluding ortho intramolecular Hbond substituents is 1. The first-order valence-electron chi connectivity index (χ1n) is 28.1. The molecule has 5 fully saturated rings. The van der Waals surface area contributed by atoms with Gasteiger partial charge in [0.05, 0.1) is 46.1 Å². The van der Waals surface area contributed by atoms with Gasteiger partial charge in [-0.05, 0) is 79.9 Å². The summed E-state index contributed by atoms with van der Waals surface area (Å²) < 4.78 is 26.8. The highest BCUT2D eigenvalue weighted by atomic mass is 32.1. The third-order valence-electron chi connectivity index (χ3n) is 16.7. The molecule has 420 valence electrons. The van der Waals surface area contributed by atoms with Crippen molar-refractivity contribution >= 4 is 46.3 Å². The molecule has 0 spiro atoms. The number of amides is 2. The smallest absolute Gasteiger partial charge is 0.254 e. The molecule has 1 aliphatic carbocycles. The Morgan fingerprint density at radius 1 is 0.887 bits per heavy atom. The summed E-state index contributed by atoms with van der Waals surface area (Å²) in [5, 5.41) is 28.5. The number of anilines is 3. The van der Waals surface area contributed by atoms with Crippen LogP contribution in [0.15, 0.2) is 95.2 Å². The number of para-hydroxylation sites is 1. The Labute approximate surface area is 468 Å². The van der Waals surface area contributed by atoms with Gasteiger partial charge in [0.15, 0.2) is 5.76 Å². The number of rotatable bonds is 18. The molecule has 20 nitrogen and oxygen atoms in total. The molecule has 2 aromatic carbocycles. The molecule has 0 radical (unpaired) electrons. The van der Waals surface area contributed by atoms with Crippen molar-refractivity contribution in [3.8, 4) is 39.2 Å². The summed E-state index contributed by atoms with van der Waals surface area (Å²) in [6.45, 7) is 12.3. The number of nitrogens with one attached hydrogen (secondary N) is 1. The third kappa shape index (κ3) is 11.1. The number of nitrogen functional groups attached to an aromatic ring is 1. The molecule has 1 saturated carbocycles. The number of nitrogens with two attached hydrogens (primary N) is 1. The second-order valence-corrected chi connectivity index (χ2v) is 23.4. The zero-order valence-electron chi connectivity index (χ0n) is 45.6. The Bertz CT molecular complexity index is 3300. The van der Waals surface area contributed by atoms with Gasteiger partial charge in [0.1, 0.15) is 42.1 Å². The molecule has 4 aliphatic heterocycles. The third-order valence-corrected chi connectivity index (χ3v) is 17.7. The number of pyridine rings is 1. The summed E-state index contributed by atoms with van der Waals surface area (Å²) in [7, 11) is 0. The predicted molar refractivity (Wildman–Crippen MR) is 303 cm³/mol. The molecule has 21 heteroatoms. The lowest BCUT2D eigenvalue weighted by atomic mass is 9.91. The molecule has 12 rings (SSSR count). The van der Waals surface area contributed by atoms with Gasteiger partial charge in [-0.2, -0.15) is 4.98 Å². The first kappa shape index (κ1) is 53.3. The second-order valence-electron chi connectivity index (χ2n) is 22.6. The van der Waals surface area contributed by atoms with E-state index in [1.54, 1.807) is 29.5 Å². The fourth-order valence-electron chi connectivity index (χ4n) is 12.5. The van der Waals surface area contributed by atoms with Crippen molar-refractivity contribution in [3.63, 3.8) is 0 Å². The number of β-amino-alcohol motifs (C(OH)–C–C–N with tert-alkyl or cyclic N) is 1. The topological polar surface area (TPSA) is 235 Å². The van der Waals surface area contributed by atoms with Crippen LogP contribution in [0.3, 0.4) is 0 Å². The summed E-state index contributed by atoms with van der Waals surface area (Å²) in [5.41, 5.74) is 13.6. The van der Waals surface area contributed by atoms with Crippen molar-refractivity contribution in [1.29, 1.82) is 0 Å². The number of aliphatic hydroxyl groups is 1. The number of nitrogens with zero attached hydrogens (tertiary/aromatic N) is 10. The molecule has 2 bridgehead atoms. The van der Waals surface area contributed by atoms with E-state index in [4.69, 9.17) is 29.5 Å². The second kappa shape index (κ2) is 22.7. The summed E-state index contributed by atoms with van der Waals surface area (Å²) in [4.78, 5) is 56.1. The maximum absolute atomic E-state index is 14.3. The molecule has 6 atom stereocenters. The van der Waals surface area contributed by atoms with Crippen LogP contribution in [0.4, 0.5) is 17.3 Å². The number of aryl methyl sites for hydroxylation is 1. The predicted octanol–water partition coefficient (Wildman–Crippen LogP) is 7.41. The van der Waals surface area contributed by atoms with E-state index in [2.05, 4.69) is 52.3 Å². The van der Waals surface area contributed by atoms with E-state index >= 15 is 0 Å². The molecule has 5 aliphatic rings. The van der Waals surface area contributed by atoms with Crippen molar-refractivity contribution in [2.75, 3.05) is 61.4 Å². The number of benzene rings is 2. The van der Waals surface area contributed by atoms with Crippen LogP contribution in [-0.2, 0) is 14.3 Å². The number of thiazole rings is 1. The van der Waals surface area contributed by atoms with Crippen LogP contribution >= 0.6 is 11.3 Å². The minimum absolute atomic E-state index is 0.0522. The lowest BCUT2D eigenvalue weighted by Gasteiger charge is -2.43. The van der Waals surface area contributed by atoms with Gasteiger partial charge in [-0.3, -0.25) is 18.9 Å². The Balaban J connectivity index is 0.572. The molecule has 5 N–H and O–H groups in total. The maximum atomic E-state index is 14.3. The summed E-state index contributed by atoms with van der Waals surface area (Å²) in [6, 6.07) is 22.4. The highest BCUT2D eigenvalue weighted by molar-refractivity contribution is 7.13. The lowest BCUT2D eigenvalue weighted by molar-refractivity contribution is -0.141. The number of carbonyl (C=O) groups is 2. The van der Waals surface area contributed by atoms with Crippen LogP contribution in [-0.4, -0.2) is 150 Å². The summed E-state index contributed by atoms with van der Waals surface area (Å²) in [5.74, 6) is 1.81. The number of phenols is 1. The summed E-state index contributed by atoms with van der Waals surface area (Å²) >= 11 is 1.59. The van der Waals surface area contributed by atoms with Crippen molar-refractivity contribution in [2.45, 2.75) is 127 Å². The van der Waals surface area contributed by atoms with E-state index in [-0.39, 0.29) is 60.8 Å². The van der Waals surface area contributed by atoms with E-state index in [0.717, 1.165) is 97.9 Å². The Morgan fingerprint density at radius 3 is 2.40 bits per heavy atom. The molecule has 4 saturated heterocycles. The normalized spacial score (nSPS) is 23.1. The standard InChI is InChI=1S/C59H70N12O8S/c1-34(2)55(58(75)69-31-42(72)24-48(69)57(74)63-35(3)37-9-11-38(12-10-37)56-36(4)62-33-80-56)50-27-53(66-79-50)76-22-21-67-19-16-43(17-20-67)77-44-25-45(26-44)78-52-23-39(15-18-61-52)71-40-13-14-41(71)30-68(29-40)54-28-51(60)65-59-64-47(32-70(54)59)46-7-5-6-8-49(46)73/h5-12,15,18,23,27-28,32-35,40-45,48,55,72-73H,13-14,16-17,19-22,24-26,29-31H2,1-4H3,(H,63,74)(H2,60,64,65)/t35-,40+,41?,42+,44?,45?,48-,55+/m0/s1. The zero-order valence-corrected chi connectivity index (χ0v) is 46.5. The van der Waals surface area contributed by atoms with E-state index in [1.165, 1.54) is 4.90 Å². The average molecular weight is 1110 g/mol. The summed E-state index contributed by atoms with van der Waals surface area (Å²) in [6.07, 6.45) is 9.16. The van der Waals surface area contributed by atoms with Gasteiger partial charge in [0.2, 0.25) is 23.5 Å². The number of aliphatic hydroxyl groups excluding tert-OH is 1. The molecule has 5 aromatic heterocycles. The number of hydrogen-bond donors (Lipinski definition) is 4. The van der Waals surface area contributed by atoms with Gasteiger partial charge < -0.3 is 54.7 Å². The number of hydrogen-bond acceptors (Lipinski definition) is 18. The van der Waals surface area contributed by atoms with E-state index < -0.39 is 18.1 Å². The van der Waals surface area contributed by atoms with Gasteiger partial charge in [-0.15, -0.1) is 11.3 Å². The first-order chi connectivity index (χ1) is 38.8. The molecule has 7 aromatic rings. The van der Waals surface area contributed by atoms with Gasteiger partial charge in [0.25, 0.3) is 5.88 Å². The zero-order chi connectivity index (χ0) is 55.2. The van der Waals surface area contributed by atoms with Crippen LogP contribution < -0.4 is 30.3 Å². The van der Waals surface area contributed by atoms with Gasteiger partial charge in [-0.1, -0.05) is 50.2 Å². The Morgan fingerprint density at radius 2 is 1.66 bits per heavy atom. The minimum atomic E-state index is -0.831. The van der Waals surface area contributed by atoms with Crippen LogP contribution in [0.2, 0.25) is 0 Å². The van der Waals surface area contributed by atoms with Gasteiger partial charge in [0, 0.05) is 112 Å². The molecular formula is C59H70N12O8S. The minimum Gasteiger partial charge on any atom is -0.507 e. The van der Waals surface area contributed by atoms with Crippen LogP contribution in [0.1, 0.15) is 94.7 Å². The van der Waals surface area contributed by atoms with Crippen molar-refractivity contribution < 1.29 is 38.5 Å². The molecule has 9 heterocycles. The van der Waals surface area contributed by atoms with E-state index in [1.807, 2.05) is 92.5 Å². The quantitative estimate of drug-likeness (QED) is 0.0655. The van der Waals surface area contributed by atoms with Crippen molar-refractivity contribution in [2.24, 2.45) is 5.92 Å². The molecule has 80 heavy (non-hydrogen) atoms. The number of likely N-dealkylation sites (tertiary alicyclic amines) is 2. The maximum Gasteiger partial charge on any atom is 0.254 e. The number of carbonyl (C=O) groups excluding carboxylic acids is 2. The highest BCUT2D eigenvalue weighted by Gasteiger charge is 2.45. The van der Waals surface area contributed by atoms with Crippen molar-refractivity contribution in [1.82, 2.24) is 44.6 Å². The fourth-order valence-corrected chi connectivity index (χ4v) is 13.3. The van der Waals surface area contributed by atoms with Crippen LogP contribution in [0.25, 0.3) is 27.5 Å². The van der Waals surface area contributed by atoms with E-state index in [9.17, 15) is 19.8 Å². The van der Waals surface area contributed by atoms with E-state index in [0.29, 0.717) is 65.6 Å². The van der Waals surface area contributed by atoms with Gasteiger partial charge in [-0.25, -0.2) is 15.0 Å². The first-order valence-corrected chi connectivity index (χ1v) is 29.0. The number of ether oxygens (including phenoxy) is 3. The number of piperidine rings is 1. The van der Waals surface area contributed by atoms with Crippen molar-refractivity contribution in [3.05, 3.63) is 108 Å². The lowest BCUT2D eigenvalue weighted by Crippen LogP contribution is -2.54. The Kier molecular flexibility index (Phi) is 15.1. The number of imidazole rings is 1. The van der Waals surface area contributed by atoms with Gasteiger partial charge >= 0.3 is 0 Å². The average Bonchev–Trinajstić information content (AvgIpc) is 4.33. The van der Waals surface area contributed by atoms with Crippen LogP contribution in [0.5, 0.6) is 17.5 Å². The number of fused-ring (bicyclic) bond motifs is 3. The number of aromatic hydroxyl groups is 1. The number of piperazine rings is 1. The SMILES string of the molecule is Cc1ncsc1-c1ccc([C@H](C)NC(=O)[C@@H]2C[C@@H](O)CN2C(=O)[C@@H](c2cc(OCCN3CCC(OC4CC(Oc5cc(N6C7CC[C@@H]6CN(c6cc(N)nc8nc(-c9ccccc9O)cn68)C7)ccn5)C4)CC3)no2)C(C)C)cc1. The largest absolute Gasteiger partial charge is 0.507 e. The number of aromatic nitrogens is 6. The molecule has 2 amide bonds. The monoisotopic (exact) mass is 1110 g/mol.